The lowest BCUT2D eigenvalue weighted by Gasteiger charge is -2.00. The molecule has 3 N–H and O–H groups in total. The van der Waals surface area contributed by atoms with Gasteiger partial charge in [-0.05, 0) is 12.1 Å². The highest BCUT2D eigenvalue weighted by atomic mass is 32.8. The standard InChI is InChI=1S/C8H6N2O2S2/c9-7(11)5-3-1-2-4-6(5)8(12)10-14-13/h1-4H,(H2-,9,10,11,12,13)/p+1. The number of nitrogens with two attached hydrogens (primary N) is 1. The second-order valence-corrected chi connectivity index (χ2v) is 3.30. The average molecular weight is 227 g/mol. The van der Waals surface area contributed by atoms with E-state index in [0.717, 1.165) is 10.5 Å². The third kappa shape index (κ3) is 2.30. The van der Waals surface area contributed by atoms with E-state index in [0.29, 0.717) is 0 Å². The lowest BCUT2D eigenvalue weighted by Crippen LogP contribution is -2.23. The van der Waals surface area contributed by atoms with Crippen molar-refractivity contribution in [3.8, 4) is 0 Å². The Morgan fingerprint density at radius 1 is 1.29 bits per heavy atom. The molecule has 0 aromatic heterocycles. The molecule has 0 heterocycles. The second-order valence-electron chi connectivity index (χ2n) is 2.42. The summed E-state index contributed by atoms with van der Waals surface area (Å²) in [6.07, 6.45) is 0. The number of primary amides is 1. The Hall–Kier alpha value is -1.40. The highest BCUT2D eigenvalue weighted by Crippen LogP contribution is 2.07. The predicted molar refractivity (Wildman–Crippen MR) is 57.2 cm³/mol. The topological polar surface area (TPSA) is 72.2 Å². The number of amides is 2. The van der Waals surface area contributed by atoms with Gasteiger partial charge >= 0.3 is 27.6 Å². The summed E-state index contributed by atoms with van der Waals surface area (Å²) in [6.45, 7) is 0. The number of carbonyl (C=O) groups is 2. The molecule has 14 heavy (non-hydrogen) atoms. The summed E-state index contributed by atoms with van der Waals surface area (Å²) in [5.74, 6) is -1.05. The maximum atomic E-state index is 11.4. The fraction of sp³-hybridized carbons (Fsp3) is 0. The molecule has 1 aromatic rings. The SMILES string of the molecule is NC(=O)c1ccccc1C(=O)N[S+]=S. The predicted octanol–water partition coefficient (Wildman–Crippen LogP) is -0.0252. The Morgan fingerprint density at radius 2 is 1.86 bits per heavy atom. The lowest BCUT2D eigenvalue weighted by atomic mass is 10.1. The highest BCUT2D eigenvalue weighted by molar-refractivity contribution is 8.17. The highest BCUT2D eigenvalue weighted by Gasteiger charge is 2.16. The quantitative estimate of drug-likeness (QED) is 0.563. The number of hydrogen-bond acceptors (Lipinski definition) is 3. The molecule has 0 aliphatic heterocycles. The van der Waals surface area contributed by atoms with Gasteiger partial charge in [-0.2, -0.15) is 0 Å². The van der Waals surface area contributed by atoms with E-state index in [1.54, 1.807) is 12.1 Å². The Labute approximate surface area is 89.2 Å². The molecule has 0 atom stereocenters. The fourth-order valence-electron chi connectivity index (χ4n) is 0.989. The first kappa shape index (κ1) is 10.7. The molecular formula is C8H7N2O2S2+. The molecule has 6 heteroatoms. The molecule has 0 saturated carbocycles. The first-order valence-corrected chi connectivity index (χ1v) is 5.39. The van der Waals surface area contributed by atoms with Crippen LogP contribution in [0.3, 0.4) is 0 Å². The largest absolute Gasteiger partial charge is 0.430 e. The maximum Gasteiger partial charge on any atom is 0.430 e. The average Bonchev–Trinajstić information content (AvgIpc) is 2.18. The Morgan fingerprint density at radius 3 is 2.36 bits per heavy atom. The molecule has 4 nitrogen and oxygen atoms in total. The van der Waals surface area contributed by atoms with Gasteiger partial charge in [-0.25, -0.2) is 0 Å². The van der Waals surface area contributed by atoms with E-state index in [4.69, 9.17) is 5.73 Å². The van der Waals surface area contributed by atoms with E-state index in [1.165, 1.54) is 12.1 Å². The molecule has 1 rings (SSSR count). The van der Waals surface area contributed by atoms with Crippen LogP contribution in [0, 0.1) is 0 Å². The Bertz CT molecular complexity index is 393. The summed E-state index contributed by atoms with van der Waals surface area (Å²) in [4.78, 5) is 22.3. The minimum Gasteiger partial charge on any atom is -0.366 e. The molecule has 0 fully saturated rings. The number of carbonyl (C=O) groups excluding carboxylic acids is 2. The van der Waals surface area contributed by atoms with Crippen molar-refractivity contribution < 1.29 is 9.59 Å². The van der Waals surface area contributed by atoms with Gasteiger partial charge in [0.15, 0.2) is 0 Å². The Kier molecular flexibility index (Phi) is 3.61. The van der Waals surface area contributed by atoms with Crippen LogP contribution < -0.4 is 10.5 Å². The van der Waals surface area contributed by atoms with Crippen LogP contribution in [-0.4, -0.2) is 11.8 Å². The van der Waals surface area contributed by atoms with Crippen LogP contribution >= 0.6 is 0 Å². The normalized spacial score (nSPS) is 9.14. The van der Waals surface area contributed by atoms with Crippen molar-refractivity contribution in [2.75, 3.05) is 0 Å². The first-order chi connectivity index (χ1) is 6.66. The molecule has 0 radical (unpaired) electrons. The minimum atomic E-state index is -0.634. The summed E-state index contributed by atoms with van der Waals surface area (Å²) in [5, 5.41) is 0. The molecule has 1 aromatic carbocycles. The van der Waals surface area contributed by atoms with Crippen LogP contribution in [0.4, 0.5) is 0 Å². The summed E-state index contributed by atoms with van der Waals surface area (Å²) >= 11 is 4.51. The van der Waals surface area contributed by atoms with Crippen molar-refractivity contribution in [1.29, 1.82) is 0 Å². The van der Waals surface area contributed by atoms with Gasteiger partial charge in [0.2, 0.25) is 5.91 Å². The van der Waals surface area contributed by atoms with Crippen LogP contribution in [-0.2, 0) is 21.7 Å². The van der Waals surface area contributed by atoms with Crippen LogP contribution in [0.5, 0.6) is 0 Å². The van der Waals surface area contributed by atoms with Gasteiger partial charge < -0.3 is 5.73 Å². The van der Waals surface area contributed by atoms with Gasteiger partial charge in [0, 0.05) is 0 Å². The number of benzene rings is 1. The molecule has 0 saturated heterocycles. The van der Waals surface area contributed by atoms with E-state index in [9.17, 15) is 9.59 Å². The molecule has 0 aliphatic carbocycles. The van der Waals surface area contributed by atoms with Crippen molar-refractivity contribution in [3.63, 3.8) is 0 Å². The first-order valence-electron chi connectivity index (χ1n) is 3.65. The van der Waals surface area contributed by atoms with Gasteiger partial charge in [-0.1, -0.05) is 16.9 Å². The third-order valence-corrected chi connectivity index (χ3v) is 2.09. The molecule has 0 bridgehead atoms. The van der Waals surface area contributed by atoms with Crippen molar-refractivity contribution >= 4 is 33.5 Å². The third-order valence-electron chi connectivity index (χ3n) is 1.57. The van der Waals surface area contributed by atoms with Crippen LogP contribution in [0.2, 0.25) is 0 Å². The van der Waals surface area contributed by atoms with E-state index in [1.807, 2.05) is 0 Å². The van der Waals surface area contributed by atoms with Gasteiger partial charge in [0.25, 0.3) is 0 Å². The smallest absolute Gasteiger partial charge is 0.366 e. The van der Waals surface area contributed by atoms with E-state index < -0.39 is 11.8 Å². The van der Waals surface area contributed by atoms with Gasteiger partial charge in [-0.3, -0.25) is 9.59 Å². The molecule has 0 unspecified atom stereocenters. The monoisotopic (exact) mass is 227 g/mol. The Balaban J connectivity index is 3.12. The zero-order valence-electron chi connectivity index (χ0n) is 7.02. The molecular weight excluding hydrogens is 220 g/mol. The van der Waals surface area contributed by atoms with Crippen molar-refractivity contribution in [2.45, 2.75) is 0 Å². The molecule has 2 amide bonds. The number of rotatable bonds is 3. The zero-order valence-corrected chi connectivity index (χ0v) is 8.65. The van der Waals surface area contributed by atoms with E-state index in [2.05, 4.69) is 15.9 Å². The van der Waals surface area contributed by atoms with Crippen LogP contribution in [0.15, 0.2) is 24.3 Å². The van der Waals surface area contributed by atoms with Crippen molar-refractivity contribution in [3.05, 3.63) is 35.4 Å². The van der Waals surface area contributed by atoms with Crippen LogP contribution in [0.1, 0.15) is 20.7 Å². The van der Waals surface area contributed by atoms with Gasteiger partial charge in [0.1, 0.15) is 0 Å². The molecule has 72 valence electrons. The van der Waals surface area contributed by atoms with E-state index >= 15 is 0 Å². The van der Waals surface area contributed by atoms with Crippen LogP contribution in [0.25, 0.3) is 0 Å². The summed E-state index contributed by atoms with van der Waals surface area (Å²) in [7, 11) is 0.757. The fourth-order valence-corrected chi connectivity index (χ4v) is 1.40. The maximum absolute atomic E-state index is 11.4. The molecule has 0 aliphatic rings. The van der Waals surface area contributed by atoms with Gasteiger partial charge in [0.05, 0.1) is 11.1 Å². The number of hydrogen-bond donors (Lipinski definition) is 2. The zero-order chi connectivity index (χ0) is 10.6. The summed E-state index contributed by atoms with van der Waals surface area (Å²) < 4.78 is 2.34. The van der Waals surface area contributed by atoms with E-state index in [-0.39, 0.29) is 11.1 Å². The summed E-state index contributed by atoms with van der Waals surface area (Å²) in [5.41, 5.74) is 5.52. The number of nitrogens with one attached hydrogen (secondary N) is 1. The van der Waals surface area contributed by atoms with Gasteiger partial charge in [-0.15, -0.1) is 0 Å². The van der Waals surface area contributed by atoms with Crippen molar-refractivity contribution in [2.24, 2.45) is 5.73 Å². The lowest BCUT2D eigenvalue weighted by molar-refractivity contribution is 0.0958. The minimum absolute atomic E-state index is 0.189. The summed E-state index contributed by atoms with van der Waals surface area (Å²) in [6, 6.07) is 6.29. The second kappa shape index (κ2) is 4.73. The van der Waals surface area contributed by atoms with Crippen molar-refractivity contribution in [1.82, 2.24) is 4.72 Å². The molecule has 0 spiro atoms.